The minimum Gasteiger partial charge on any atom is -0.354 e. The van der Waals surface area contributed by atoms with Gasteiger partial charge in [0.1, 0.15) is 11.0 Å². The van der Waals surface area contributed by atoms with Gasteiger partial charge in [0, 0.05) is 42.2 Å². The van der Waals surface area contributed by atoms with Gasteiger partial charge in [-0.15, -0.1) is 0 Å². The van der Waals surface area contributed by atoms with Crippen LogP contribution in [0, 0.1) is 0 Å². The van der Waals surface area contributed by atoms with Crippen LogP contribution in [0.25, 0.3) is 16.8 Å². The molecule has 0 unspecified atom stereocenters. The lowest BCUT2D eigenvalue weighted by Gasteiger charge is -2.28. The van der Waals surface area contributed by atoms with E-state index in [4.69, 9.17) is 16.6 Å². The monoisotopic (exact) mass is 391 g/mol. The van der Waals surface area contributed by atoms with Gasteiger partial charge in [0.2, 0.25) is 0 Å². The van der Waals surface area contributed by atoms with Crippen LogP contribution in [0.5, 0.6) is 0 Å². The summed E-state index contributed by atoms with van der Waals surface area (Å²) >= 11 is 5.89. The fourth-order valence-electron chi connectivity index (χ4n) is 3.10. The Morgan fingerprint density at radius 1 is 1.19 bits per heavy atom. The number of anilines is 1. The molecule has 1 fully saturated rings. The Morgan fingerprint density at radius 3 is 2.62 bits per heavy atom. The summed E-state index contributed by atoms with van der Waals surface area (Å²) in [6.07, 6.45) is 4.27. The molecule has 7 nitrogen and oxygen atoms in total. The molecule has 3 aromatic rings. The van der Waals surface area contributed by atoms with Crippen LogP contribution in [0.15, 0.2) is 30.6 Å². The normalized spacial score (nSPS) is 16.9. The first-order valence-corrected chi connectivity index (χ1v) is 10.6. The minimum absolute atomic E-state index is 0.161. The molecular formula is C17H18ClN5O2S. The van der Waals surface area contributed by atoms with Gasteiger partial charge in [0.05, 0.1) is 17.7 Å². The zero-order chi connectivity index (χ0) is 18.3. The average molecular weight is 392 g/mol. The lowest BCUT2D eigenvalue weighted by Crippen LogP contribution is -2.40. The van der Waals surface area contributed by atoms with Gasteiger partial charge in [-0.1, -0.05) is 18.5 Å². The number of hydrogen-bond acceptors (Lipinski definition) is 6. The molecular weight excluding hydrogens is 374 g/mol. The fourth-order valence-corrected chi connectivity index (χ4v) is 4.42. The van der Waals surface area contributed by atoms with E-state index >= 15 is 0 Å². The predicted octanol–water partition coefficient (Wildman–Crippen LogP) is 2.24. The third-order valence-electron chi connectivity index (χ3n) is 4.60. The summed E-state index contributed by atoms with van der Waals surface area (Å²) in [5.74, 6) is 1.11. The first-order valence-electron chi connectivity index (χ1n) is 8.42. The summed E-state index contributed by atoms with van der Waals surface area (Å²) in [5, 5.41) is 4.91. The van der Waals surface area contributed by atoms with Crippen LogP contribution < -0.4 is 4.90 Å². The number of halogens is 1. The van der Waals surface area contributed by atoms with Crippen LogP contribution >= 0.6 is 11.6 Å². The van der Waals surface area contributed by atoms with Crippen molar-refractivity contribution in [3.63, 3.8) is 0 Å². The molecule has 0 radical (unpaired) electrons. The molecule has 9 heteroatoms. The van der Waals surface area contributed by atoms with E-state index in [2.05, 4.69) is 17.0 Å². The quantitative estimate of drug-likeness (QED) is 0.637. The number of aromatic nitrogens is 4. The van der Waals surface area contributed by atoms with E-state index in [1.807, 2.05) is 21.5 Å². The molecule has 0 spiro atoms. The van der Waals surface area contributed by atoms with Gasteiger partial charge in [-0.05, 0) is 18.6 Å². The third kappa shape index (κ3) is 3.14. The SMILES string of the molecule is CCc1cc(N2CCS(=O)(=O)CC2)nc2c(-c3ccc(Cl)nc3)cnn12. The second-order valence-electron chi connectivity index (χ2n) is 6.26. The lowest BCUT2D eigenvalue weighted by atomic mass is 10.1. The van der Waals surface area contributed by atoms with Crippen molar-refractivity contribution < 1.29 is 8.42 Å². The Kier molecular flexibility index (Phi) is 4.32. The van der Waals surface area contributed by atoms with Gasteiger partial charge in [-0.2, -0.15) is 5.10 Å². The first-order chi connectivity index (χ1) is 12.5. The molecule has 0 amide bonds. The molecule has 0 saturated carbocycles. The highest BCUT2D eigenvalue weighted by Gasteiger charge is 2.24. The summed E-state index contributed by atoms with van der Waals surface area (Å²) in [7, 11) is -2.93. The van der Waals surface area contributed by atoms with Crippen molar-refractivity contribution in [2.45, 2.75) is 13.3 Å². The molecule has 1 aliphatic heterocycles. The Labute approximate surface area is 156 Å². The molecule has 4 rings (SSSR count). The summed E-state index contributed by atoms with van der Waals surface area (Å²) in [6, 6.07) is 5.61. The number of rotatable bonds is 3. The van der Waals surface area contributed by atoms with E-state index in [9.17, 15) is 8.42 Å². The zero-order valence-electron chi connectivity index (χ0n) is 14.3. The van der Waals surface area contributed by atoms with E-state index < -0.39 is 9.84 Å². The van der Waals surface area contributed by atoms with Crippen LogP contribution in [-0.2, 0) is 16.3 Å². The van der Waals surface area contributed by atoms with Crippen LogP contribution in [0.4, 0.5) is 5.82 Å². The predicted molar refractivity (Wildman–Crippen MR) is 101 cm³/mol. The number of hydrogen-bond donors (Lipinski definition) is 0. The summed E-state index contributed by atoms with van der Waals surface area (Å²) < 4.78 is 25.2. The van der Waals surface area contributed by atoms with Crippen molar-refractivity contribution in [2.24, 2.45) is 0 Å². The molecule has 136 valence electrons. The molecule has 3 aromatic heterocycles. The van der Waals surface area contributed by atoms with Crippen molar-refractivity contribution >= 4 is 32.9 Å². The average Bonchev–Trinajstić information content (AvgIpc) is 3.05. The molecule has 0 aromatic carbocycles. The zero-order valence-corrected chi connectivity index (χ0v) is 15.8. The molecule has 26 heavy (non-hydrogen) atoms. The Morgan fingerprint density at radius 2 is 1.96 bits per heavy atom. The highest BCUT2D eigenvalue weighted by molar-refractivity contribution is 7.91. The highest BCUT2D eigenvalue weighted by Crippen LogP contribution is 2.27. The van der Waals surface area contributed by atoms with Crippen molar-refractivity contribution in [1.82, 2.24) is 19.6 Å². The summed E-state index contributed by atoms with van der Waals surface area (Å²) in [4.78, 5) is 10.9. The Bertz CT molecular complexity index is 1050. The van der Waals surface area contributed by atoms with Crippen LogP contribution in [0.3, 0.4) is 0 Å². The van der Waals surface area contributed by atoms with E-state index in [0.717, 1.165) is 34.7 Å². The number of nitrogens with zero attached hydrogens (tertiary/aromatic N) is 5. The smallest absolute Gasteiger partial charge is 0.165 e. The van der Waals surface area contributed by atoms with Crippen LogP contribution in [0.2, 0.25) is 5.15 Å². The molecule has 0 N–H and O–H groups in total. The van der Waals surface area contributed by atoms with Crippen molar-refractivity contribution in [1.29, 1.82) is 0 Å². The number of aryl methyl sites for hydroxylation is 1. The standard InChI is InChI=1S/C17H18ClN5O2S/c1-2-13-9-16(22-5-7-26(24,25)8-6-22)21-17-14(11-20-23(13)17)12-3-4-15(18)19-10-12/h3-4,9-11H,2,5-8H2,1H3. The van der Waals surface area contributed by atoms with Gasteiger partial charge >= 0.3 is 0 Å². The third-order valence-corrected chi connectivity index (χ3v) is 6.43. The topological polar surface area (TPSA) is 80.5 Å². The Hall–Kier alpha value is -2.19. The van der Waals surface area contributed by atoms with Crippen molar-refractivity contribution in [2.75, 3.05) is 29.5 Å². The van der Waals surface area contributed by atoms with E-state index in [1.165, 1.54) is 0 Å². The fraction of sp³-hybridized carbons (Fsp3) is 0.353. The van der Waals surface area contributed by atoms with Crippen molar-refractivity contribution in [3.05, 3.63) is 41.4 Å². The number of pyridine rings is 1. The molecule has 0 bridgehead atoms. The summed E-state index contributed by atoms with van der Waals surface area (Å²) in [6.45, 7) is 2.98. The van der Waals surface area contributed by atoms with Crippen LogP contribution in [-0.4, -0.2) is 52.6 Å². The second-order valence-corrected chi connectivity index (χ2v) is 8.95. The highest BCUT2D eigenvalue weighted by atomic mass is 35.5. The Balaban J connectivity index is 1.80. The van der Waals surface area contributed by atoms with Gasteiger partial charge < -0.3 is 4.90 Å². The maximum atomic E-state index is 11.7. The van der Waals surface area contributed by atoms with E-state index in [-0.39, 0.29) is 11.5 Å². The van der Waals surface area contributed by atoms with E-state index in [1.54, 1.807) is 18.5 Å². The number of sulfone groups is 1. The van der Waals surface area contributed by atoms with Gasteiger partial charge in [0.25, 0.3) is 0 Å². The second kappa shape index (κ2) is 6.51. The molecule has 0 atom stereocenters. The maximum absolute atomic E-state index is 11.7. The molecule has 4 heterocycles. The maximum Gasteiger partial charge on any atom is 0.165 e. The van der Waals surface area contributed by atoms with Gasteiger partial charge in [-0.3, -0.25) is 0 Å². The van der Waals surface area contributed by atoms with E-state index in [0.29, 0.717) is 18.2 Å². The minimum atomic E-state index is -2.93. The van der Waals surface area contributed by atoms with Crippen molar-refractivity contribution in [3.8, 4) is 11.1 Å². The molecule has 1 saturated heterocycles. The lowest BCUT2D eigenvalue weighted by molar-refractivity contribution is 0.586. The first kappa shape index (κ1) is 17.2. The molecule has 1 aliphatic rings. The number of fused-ring (bicyclic) bond motifs is 1. The van der Waals surface area contributed by atoms with Crippen LogP contribution in [0.1, 0.15) is 12.6 Å². The van der Waals surface area contributed by atoms with Gasteiger partial charge in [-0.25, -0.2) is 22.9 Å². The summed E-state index contributed by atoms with van der Waals surface area (Å²) in [5.41, 5.74) is 3.51. The van der Waals surface area contributed by atoms with Gasteiger partial charge in [0.15, 0.2) is 15.5 Å². The molecule has 0 aliphatic carbocycles. The largest absolute Gasteiger partial charge is 0.354 e.